The summed E-state index contributed by atoms with van der Waals surface area (Å²) in [6.45, 7) is 8.14. The number of benzene rings is 1. The fourth-order valence-corrected chi connectivity index (χ4v) is 5.00. The first kappa shape index (κ1) is 21.2. The highest BCUT2D eigenvalue weighted by Gasteiger charge is 2.16. The number of anilines is 1. The molecule has 1 aromatic carbocycles. The van der Waals surface area contributed by atoms with E-state index in [1.807, 2.05) is 6.07 Å². The molecule has 0 aliphatic rings. The fraction of sp³-hybridized carbons (Fsp3) is 0.350. The van der Waals surface area contributed by atoms with Crippen molar-refractivity contribution in [1.29, 1.82) is 0 Å². The highest BCUT2D eigenvalue weighted by Crippen LogP contribution is 2.34. The van der Waals surface area contributed by atoms with E-state index in [2.05, 4.69) is 34.4 Å². The van der Waals surface area contributed by atoms with Crippen LogP contribution < -0.4 is 15.5 Å². The zero-order valence-corrected chi connectivity index (χ0v) is 18.2. The maximum absolute atomic E-state index is 13.5. The number of hydrogen-bond acceptors (Lipinski definition) is 6. The highest BCUT2D eigenvalue weighted by molar-refractivity contribution is 7.29. The van der Waals surface area contributed by atoms with Crippen LogP contribution in [0, 0.1) is 12.7 Å². The second kappa shape index (κ2) is 9.32. The van der Waals surface area contributed by atoms with E-state index in [4.69, 9.17) is 0 Å². The molecule has 0 bridgehead atoms. The molecule has 0 radical (unpaired) electrons. The number of carbonyl (C=O) groups excluding carboxylic acids is 2. The summed E-state index contributed by atoms with van der Waals surface area (Å²) < 4.78 is 14.5. The molecule has 3 rings (SSSR count). The predicted octanol–water partition coefficient (Wildman–Crippen LogP) is 3.81. The van der Waals surface area contributed by atoms with Crippen LogP contribution in [0.15, 0.2) is 24.3 Å². The van der Waals surface area contributed by atoms with Crippen LogP contribution in [0.25, 0.3) is 9.53 Å². The molecule has 0 fully saturated rings. The maximum Gasteiger partial charge on any atom is 0.261 e. The molecule has 0 saturated heterocycles. The standard InChI is InChI=1S/C20H23FN4O2S2/c1-4-25(5-2)20-24-19-16(29-20)11-15(28-19)18(27)23-9-8-22-17(26)13-7-6-12(3)14(21)10-13/h6-7,10-11H,4-5,8-9H2,1-3H3,(H,22,26)(H,23,27). The normalized spacial score (nSPS) is 10.9. The van der Waals surface area contributed by atoms with Gasteiger partial charge in [0.25, 0.3) is 11.8 Å². The summed E-state index contributed by atoms with van der Waals surface area (Å²) >= 11 is 2.94. The van der Waals surface area contributed by atoms with Crippen molar-refractivity contribution in [1.82, 2.24) is 15.6 Å². The number of nitrogens with zero attached hydrogens (tertiary/aromatic N) is 2. The van der Waals surface area contributed by atoms with E-state index in [-0.39, 0.29) is 30.5 Å². The smallest absolute Gasteiger partial charge is 0.261 e. The van der Waals surface area contributed by atoms with Gasteiger partial charge in [0, 0.05) is 31.7 Å². The summed E-state index contributed by atoms with van der Waals surface area (Å²) in [6, 6.07) is 6.20. The molecule has 2 amide bonds. The lowest BCUT2D eigenvalue weighted by atomic mass is 10.1. The van der Waals surface area contributed by atoms with Crippen LogP contribution in [0.1, 0.15) is 39.4 Å². The first-order chi connectivity index (χ1) is 13.9. The Balaban J connectivity index is 1.50. The van der Waals surface area contributed by atoms with Gasteiger partial charge in [-0.3, -0.25) is 9.59 Å². The number of hydrogen-bond donors (Lipinski definition) is 2. The van der Waals surface area contributed by atoms with Crippen molar-refractivity contribution in [2.45, 2.75) is 20.8 Å². The summed E-state index contributed by atoms with van der Waals surface area (Å²) in [5.74, 6) is -0.982. The molecule has 0 unspecified atom stereocenters. The number of thiophene rings is 1. The first-order valence-electron chi connectivity index (χ1n) is 9.40. The Morgan fingerprint density at radius 2 is 1.76 bits per heavy atom. The van der Waals surface area contributed by atoms with Crippen LogP contribution in [0.4, 0.5) is 9.52 Å². The van der Waals surface area contributed by atoms with Crippen LogP contribution in [0.3, 0.4) is 0 Å². The number of aryl methyl sites for hydroxylation is 1. The van der Waals surface area contributed by atoms with E-state index >= 15 is 0 Å². The second-order valence-corrected chi connectivity index (χ2v) is 8.46. The van der Waals surface area contributed by atoms with Gasteiger partial charge in [0.15, 0.2) is 5.13 Å². The van der Waals surface area contributed by atoms with Gasteiger partial charge in [0.2, 0.25) is 0 Å². The number of nitrogens with one attached hydrogen (secondary N) is 2. The molecule has 2 N–H and O–H groups in total. The minimum Gasteiger partial charge on any atom is -0.350 e. The molecule has 0 atom stereocenters. The quantitative estimate of drug-likeness (QED) is 0.529. The Hall–Kier alpha value is -2.52. The fourth-order valence-electron chi connectivity index (χ4n) is 2.74. The van der Waals surface area contributed by atoms with Crippen LogP contribution in [-0.2, 0) is 0 Å². The van der Waals surface area contributed by atoms with Gasteiger partial charge in [-0.15, -0.1) is 11.3 Å². The van der Waals surface area contributed by atoms with Crippen molar-refractivity contribution in [3.63, 3.8) is 0 Å². The van der Waals surface area contributed by atoms with E-state index in [9.17, 15) is 14.0 Å². The predicted molar refractivity (Wildman–Crippen MR) is 117 cm³/mol. The summed E-state index contributed by atoms with van der Waals surface area (Å²) in [7, 11) is 0. The van der Waals surface area contributed by atoms with E-state index in [1.54, 1.807) is 30.4 Å². The number of aromatic nitrogens is 1. The Labute approximate surface area is 176 Å². The molecule has 29 heavy (non-hydrogen) atoms. The van der Waals surface area contributed by atoms with Crippen LogP contribution in [0.5, 0.6) is 0 Å². The number of fused-ring (bicyclic) bond motifs is 1. The number of thiazole rings is 1. The summed E-state index contributed by atoms with van der Waals surface area (Å²) in [5.41, 5.74) is 0.747. The lowest BCUT2D eigenvalue weighted by molar-refractivity contribution is 0.0929. The maximum atomic E-state index is 13.5. The zero-order valence-electron chi connectivity index (χ0n) is 16.5. The Morgan fingerprint density at radius 1 is 1.07 bits per heavy atom. The number of amides is 2. The lowest BCUT2D eigenvalue weighted by Gasteiger charge is -2.16. The largest absolute Gasteiger partial charge is 0.350 e. The molecule has 9 heteroatoms. The monoisotopic (exact) mass is 434 g/mol. The van der Waals surface area contributed by atoms with Gasteiger partial charge in [0.05, 0.1) is 9.58 Å². The van der Waals surface area contributed by atoms with Gasteiger partial charge in [-0.25, -0.2) is 9.37 Å². The van der Waals surface area contributed by atoms with Crippen molar-refractivity contribution < 1.29 is 14.0 Å². The molecule has 3 aromatic rings. The Morgan fingerprint density at radius 3 is 2.38 bits per heavy atom. The first-order valence-corrected chi connectivity index (χ1v) is 11.0. The average molecular weight is 435 g/mol. The molecule has 2 heterocycles. The molecular formula is C20H23FN4O2S2. The third-order valence-corrected chi connectivity index (χ3v) is 6.69. The Bertz CT molecular complexity index is 995. The van der Waals surface area contributed by atoms with Crippen molar-refractivity contribution >= 4 is 49.1 Å². The van der Waals surface area contributed by atoms with Gasteiger partial charge in [-0.05, 0) is 44.5 Å². The highest BCUT2D eigenvalue weighted by atomic mass is 32.1. The summed E-state index contributed by atoms with van der Waals surface area (Å²) in [6.07, 6.45) is 0. The van der Waals surface area contributed by atoms with Gasteiger partial charge < -0.3 is 15.5 Å². The average Bonchev–Trinajstić information content (AvgIpc) is 3.27. The third-order valence-electron chi connectivity index (χ3n) is 4.47. The number of carbonyl (C=O) groups is 2. The van der Waals surface area contributed by atoms with E-state index in [0.29, 0.717) is 10.4 Å². The minimum atomic E-state index is -0.415. The Kier molecular flexibility index (Phi) is 6.81. The van der Waals surface area contributed by atoms with Gasteiger partial charge in [-0.1, -0.05) is 17.4 Å². The van der Waals surface area contributed by atoms with Crippen LogP contribution >= 0.6 is 22.7 Å². The molecule has 0 saturated carbocycles. The van der Waals surface area contributed by atoms with Crippen LogP contribution in [-0.4, -0.2) is 43.0 Å². The SMILES string of the molecule is CCN(CC)c1nc2sc(C(=O)NCCNC(=O)c3ccc(C)c(F)c3)cc2s1. The molecular weight excluding hydrogens is 411 g/mol. The molecule has 0 spiro atoms. The molecule has 2 aromatic heterocycles. The topological polar surface area (TPSA) is 74.3 Å². The third kappa shape index (κ3) is 4.91. The second-order valence-electron chi connectivity index (χ2n) is 6.42. The van der Waals surface area contributed by atoms with E-state index in [0.717, 1.165) is 27.8 Å². The van der Waals surface area contributed by atoms with Crippen molar-refractivity contribution in [3.05, 3.63) is 46.1 Å². The zero-order chi connectivity index (χ0) is 21.0. The molecule has 6 nitrogen and oxygen atoms in total. The van der Waals surface area contributed by atoms with Crippen molar-refractivity contribution in [2.75, 3.05) is 31.1 Å². The molecule has 0 aliphatic carbocycles. The van der Waals surface area contributed by atoms with Gasteiger partial charge in [-0.2, -0.15) is 0 Å². The van der Waals surface area contributed by atoms with Crippen molar-refractivity contribution in [2.24, 2.45) is 0 Å². The van der Waals surface area contributed by atoms with E-state index < -0.39 is 5.82 Å². The van der Waals surface area contributed by atoms with Crippen molar-refractivity contribution in [3.8, 4) is 0 Å². The van der Waals surface area contributed by atoms with Crippen LogP contribution in [0.2, 0.25) is 0 Å². The minimum absolute atomic E-state index is 0.194. The molecule has 0 aliphatic heterocycles. The van der Waals surface area contributed by atoms with Gasteiger partial charge >= 0.3 is 0 Å². The number of halogens is 1. The number of rotatable bonds is 8. The lowest BCUT2D eigenvalue weighted by Crippen LogP contribution is -2.34. The van der Waals surface area contributed by atoms with E-state index in [1.165, 1.54) is 17.4 Å². The summed E-state index contributed by atoms with van der Waals surface area (Å²) in [5, 5.41) is 6.43. The molecule has 154 valence electrons. The van der Waals surface area contributed by atoms with Gasteiger partial charge in [0.1, 0.15) is 10.6 Å². The summed E-state index contributed by atoms with van der Waals surface area (Å²) in [4.78, 5) is 32.6.